The van der Waals surface area contributed by atoms with Gasteiger partial charge in [0, 0.05) is 19.5 Å². The second-order valence-electron chi connectivity index (χ2n) is 4.72. The minimum Gasteiger partial charge on any atom is -0.382 e. The SMILES string of the molecule is CCCc1noc(CN2CCNc3ccccc32)n1. The molecule has 0 radical (unpaired) electrons. The standard InChI is InChI=1S/C14H18N4O/c1-2-5-13-16-14(19-17-13)10-18-9-8-15-11-6-3-4-7-12(11)18/h3-4,6-7,15H,2,5,8-10H2,1H3. The predicted octanol–water partition coefficient (Wildman–Crippen LogP) is 2.45. The number of benzene rings is 1. The fourth-order valence-corrected chi connectivity index (χ4v) is 2.35. The van der Waals surface area contributed by atoms with Gasteiger partial charge in [-0.1, -0.05) is 24.2 Å². The molecule has 19 heavy (non-hydrogen) atoms. The number of aromatic nitrogens is 2. The van der Waals surface area contributed by atoms with Crippen LogP contribution in [0.3, 0.4) is 0 Å². The number of anilines is 2. The van der Waals surface area contributed by atoms with Gasteiger partial charge in [-0.3, -0.25) is 0 Å². The van der Waals surface area contributed by atoms with Crippen LogP contribution in [0.1, 0.15) is 25.1 Å². The van der Waals surface area contributed by atoms with E-state index in [-0.39, 0.29) is 0 Å². The first-order valence-electron chi connectivity index (χ1n) is 6.76. The lowest BCUT2D eigenvalue weighted by atomic mass is 10.2. The van der Waals surface area contributed by atoms with Crippen LogP contribution in [0.15, 0.2) is 28.8 Å². The Morgan fingerprint density at radius 2 is 2.26 bits per heavy atom. The molecule has 0 bridgehead atoms. The Bertz CT molecular complexity index is 552. The molecule has 2 aromatic rings. The lowest BCUT2D eigenvalue weighted by molar-refractivity contribution is 0.370. The Balaban J connectivity index is 1.76. The van der Waals surface area contributed by atoms with E-state index in [0.29, 0.717) is 12.4 Å². The first kappa shape index (κ1) is 12.0. The highest BCUT2D eigenvalue weighted by Gasteiger charge is 2.18. The van der Waals surface area contributed by atoms with E-state index in [1.807, 2.05) is 6.07 Å². The molecule has 0 saturated carbocycles. The number of hydrogen-bond donors (Lipinski definition) is 1. The average molecular weight is 258 g/mol. The number of aryl methyl sites for hydroxylation is 1. The van der Waals surface area contributed by atoms with E-state index in [9.17, 15) is 0 Å². The lowest BCUT2D eigenvalue weighted by Crippen LogP contribution is -2.33. The summed E-state index contributed by atoms with van der Waals surface area (Å²) in [6.07, 6.45) is 1.91. The molecule has 5 nitrogen and oxygen atoms in total. The molecule has 1 aromatic carbocycles. The third-order valence-corrected chi connectivity index (χ3v) is 3.25. The Labute approximate surface area is 112 Å². The molecular formula is C14H18N4O. The van der Waals surface area contributed by atoms with Crippen LogP contribution in [0.25, 0.3) is 0 Å². The fourth-order valence-electron chi connectivity index (χ4n) is 2.35. The number of para-hydroxylation sites is 2. The maximum atomic E-state index is 5.31. The van der Waals surface area contributed by atoms with Crippen LogP contribution in [0.2, 0.25) is 0 Å². The van der Waals surface area contributed by atoms with Crippen LogP contribution >= 0.6 is 0 Å². The van der Waals surface area contributed by atoms with Gasteiger partial charge in [0.2, 0.25) is 5.89 Å². The van der Waals surface area contributed by atoms with Gasteiger partial charge >= 0.3 is 0 Å². The van der Waals surface area contributed by atoms with E-state index in [1.165, 1.54) is 11.4 Å². The van der Waals surface area contributed by atoms with Gasteiger partial charge in [0.25, 0.3) is 0 Å². The largest absolute Gasteiger partial charge is 0.382 e. The second kappa shape index (κ2) is 5.30. The van der Waals surface area contributed by atoms with E-state index in [0.717, 1.165) is 31.8 Å². The van der Waals surface area contributed by atoms with Gasteiger partial charge in [-0.25, -0.2) is 0 Å². The first-order chi connectivity index (χ1) is 9.36. The van der Waals surface area contributed by atoms with Crippen LogP contribution < -0.4 is 10.2 Å². The highest BCUT2D eigenvalue weighted by Crippen LogP contribution is 2.29. The molecule has 0 unspecified atom stereocenters. The Hall–Kier alpha value is -2.04. The first-order valence-corrected chi connectivity index (χ1v) is 6.76. The molecule has 0 saturated heterocycles. The van der Waals surface area contributed by atoms with Crippen LogP contribution in [0, 0.1) is 0 Å². The van der Waals surface area contributed by atoms with Crippen molar-refractivity contribution >= 4 is 11.4 Å². The number of nitrogens with one attached hydrogen (secondary N) is 1. The van der Waals surface area contributed by atoms with E-state index in [2.05, 4.69) is 45.5 Å². The summed E-state index contributed by atoms with van der Waals surface area (Å²) in [5, 5.41) is 7.39. The summed E-state index contributed by atoms with van der Waals surface area (Å²) in [7, 11) is 0. The zero-order chi connectivity index (χ0) is 13.1. The maximum Gasteiger partial charge on any atom is 0.246 e. The molecule has 1 aliphatic heterocycles. The molecule has 2 heterocycles. The van der Waals surface area contributed by atoms with Gasteiger partial charge in [0.15, 0.2) is 5.82 Å². The molecular weight excluding hydrogens is 240 g/mol. The summed E-state index contributed by atoms with van der Waals surface area (Å²) in [5.41, 5.74) is 2.37. The topological polar surface area (TPSA) is 54.2 Å². The smallest absolute Gasteiger partial charge is 0.246 e. The average Bonchev–Trinajstić information content (AvgIpc) is 2.87. The highest BCUT2D eigenvalue weighted by atomic mass is 16.5. The van der Waals surface area contributed by atoms with Gasteiger partial charge in [0.1, 0.15) is 0 Å². The molecule has 100 valence electrons. The Kier molecular flexibility index (Phi) is 3.35. The van der Waals surface area contributed by atoms with E-state index in [1.54, 1.807) is 0 Å². The van der Waals surface area contributed by atoms with E-state index < -0.39 is 0 Å². The Morgan fingerprint density at radius 3 is 3.16 bits per heavy atom. The van der Waals surface area contributed by atoms with Crippen molar-refractivity contribution in [3.63, 3.8) is 0 Å². The van der Waals surface area contributed by atoms with Crippen molar-refractivity contribution in [3.8, 4) is 0 Å². The predicted molar refractivity (Wildman–Crippen MR) is 74.3 cm³/mol. The summed E-state index contributed by atoms with van der Waals surface area (Å²) in [5.74, 6) is 1.50. The molecule has 0 aliphatic carbocycles. The second-order valence-corrected chi connectivity index (χ2v) is 4.72. The number of rotatable bonds is 4. The molecule has 0 fully saturated rings. The quantitative estimate of drug-likeness (QED) is 0.913. The van der Waals surface area contributed by atoms with Crippen molar-refractivity contribution in [1.82, 2.24) is 10.1 Å². The van der Waals surface area contributed by atoms with Crippen LogP contribution in [0.4, 0.5) is 11.4 Å². The van der Waals surface area contributed by atoms with Crippen molar-refractivity contribution in [2.75, 3.05) is 23.3 Å². The molecule has 1 N–H and O–H groups in total. The van der Waals surface area contributed by atoms with Gasteiger partial charge in [-0.15, -0.1) is 0 Å². The van der Waals surface area contributed by atoms with E-state index in [4.69, 9.17) is 4.52 Å². The zero-order valence-electron chi connectivity index (χ0n) is 11.1. The number of nitrogens with zero attached hydrogens (tertiary/aromatic N) is 3. The third kappa shape index (κ3) is 2.54. The van der Waals surface area contributed by atoms with Crippen molar-refractivity contribution in [3.05, 3.63) is 36.0 Å². The van der Waals surface area contributed by atoms with Crippen molar-refractivity contribution in [2.24, 2.45) is 0 Å². The summed E-state index contributed by atoms with van der Waals surface area (Å²) < 4.78 is 5.31. The molecule has 1 aromatic heterocycles. The van der Waals surface area contributed by atoms with Gasteiger partial charge in [-0.2, -0.15) is 4.98 Å². The molecule has 5 heteroatoms. The lowest BCUT2D eigenvalue weighted by Gasteiger charge is -2.30. The highest BCUT2D eigenvalue weighted by molar-refractivity contribution is 5.71. The van der Waals surface area contributed by atoms with Gasteiger partial charge < -0.3 is 14.7 Å². The Morgan fingerprint density at radius 1 is 1.37 bits per heavy atom. The van der Waals surface area contributed by atoms with Gasteiger partial charge in [0.05, 0.1) is 17.9 Å². The number of hydrogen-bond acceptors (Lipinski definition) is 5. The maximum absolute atomic E-state index is 5.31. The van der Waals surface area contributed by atoms with E-state index >= 15 is 0 Å². The summed E-state index contributed by atoms with van der Waals surface area (Å²) >= 11 is 0. The molecule has 0 atom stereocenters. The summed E-state index contributed by atoms with van der Waals surface area (Å²) in [6.45, 7) is 4.67. The molecule has 1 aliphatic rings. The summed E-state index contributed by atoms with van der Waals surface area (Å²) in [4.78, 5) is 6.70. The van der Waals surface area contributed by atoms with Gasteiger partial charge in [-0.05, 0) is 18.6 Å². The molecule has 0 spiro atoms. The fraction of sp³-hybridized carbons (Fsp3) is 0.429. The number of fused-ring (bicyclic) bond motifs is 1. The minimum absolute atomic E-state index is 0.676. The van der Waals surface area contributed by atoms with Crippen LogP contribution in [0.5, 0.6) is 0 Å². The van der Waals surface area contributed by atoms with Crippen molar-refractivity contribution < 1.29 is 4.52 Å². The van der Waals surface area contributed by atoms with Crippen LogP contribution in [-0.2, 0) is 13.0 Å². The van der Waals surface area contributed by atoms with Crippen molar-refractivity contribution in [2.45, 2.75) is 26.3 Å². The molecule has 0 amide bonds. The summed E-state index contributed by atoms with van der Waals surface area (Å²) in [6, 6.07) is 8.30. The normalized spacial score (nSPS) is 14.1. The van der Waals surface area contributed by atoms with Crippen LogP contribution in [-0.4, -0.2) is 23.2 Å². The third-order valence-electron chi connectivity index (χ3n) is 3.25. The zero-order valence-corrected chi connectivity index (χ0v) is 11.1. The van der Waals surface area contributed by atoms with Crippen molar-refractivity contribution in [1.29, 1.82) is 0 Å². The molecule has 3 rings (SSSR count). The monoisotopic (exact) mass is 258 g/mol. The minimum atomic E-state index is 0.676.